The predicted molar refractivity (Wildman–Crippen MR) is 78.2 cm³/mol. The van der Waals surface area contributed by atoms with Crippen LogP contribution in [0.3, 0.4) is 0 Å². The number of halogens is 1. The molecule has 0 radical (unpaired) electrons. The van der Waals surface area contributed by atoms with Crippen LogP contribution in [0.5, 0.6) is 5.75 Å². The first-order chi connectivity index (χ1) is 9.70. The smallest absolute Gasteiger partial charge is 0.235 e. The molecule has 0 atom stereocenters. The summed E-state index contributed by atoms with van der Waals surface area (Å²) in [7, 11) is 1.67. The maximum absolute atomic E-state index is 10.8. The number of aliphatic imine (C=N–C) groups is 1. The molecule has 3 nitrogen and oxygen atoms in total. The minimum atomic E-state index is -0.444. The van der Waals surface area contributed by atoms with Gasteiger partial charge < -0.3 is 4.74 Å². The van der Waals surface area contributed by atoms with Gasteiger partial charge in [-0.3, -0.25) is 0 Å². The normalized spacial score (nSPS) is 20.5. The molecule has 0 aromatic heterocycles. The molecule has 2 aliphatic carbocycles. The van der Waals surface area contributed by atoms with E-state index in [0.717, 1.165) is 47.6 Å². The summed E-state index contributed by atoms with van der Waals surface area (Å²) >= 11 is 6.47. The number of hydrogen-bond donors (Lipinski definition) is 0. The Morgan fingerprint density at radius 2 is 2.05 bits per heavy atom. The van der Waals surface area contributed by atoms with Gasteiger partial charge in [-0.1, -0.05) is 24.4 Å². The van der Waals surface area contributed by atoms with Gasteiger partial charge in [-0.2, -0.15) is 4.99 Å². The maximum atomic E-state index is 10.8. The van der Waals surface area contributed by atoms with Gasteiger partial charge in [0.2, 0.25) is 6.08 Å². The van der Waals surface area contributed by atoms with Crippen molar-refractivity contribution >= 4 is 17.7 Å². The number of nitrogens with zero attached hydrogens (tertiary/aromatic N) is 1. The van der Waals surface area contributed by atoms with Crippen molar-refractivity contribution in [1.82, 2.24) is 0 Å². The molecule has 0 saturated heterocycles. The Kier molecular flexibility index (Phi) is 3.57. The summed E-state index contributed by atoms with van der Waals surface area (Å²) in [6, 6.07) is 4.00. The first-order valence-electron chi connectivity index (χ1n) is 7.17. The highest BCUT2D eigenvalue weighted by molar-refractivity contribution is 6.31. The molecule has 0 bridgehead atoms. The lowest BCUT2D eigenvalue weighted by Crippen LogP contribution is -2.19. The minimum Gasteiger partial charge on any atom is -0.496 e. The van der Waals surface area contributed by atoms with Crippen LogP contribution in [0.15, 0.2) is 17.1 Å². The van der Waals surface area contributed by atoms with Crippen molar-refractivity contribution in [3.05, 3.63) is 28.3 Å². The van der Waals surface area contributed by atoms with Crippen LogP contribution in [0.25, 0.3) is 0 Å². The quantitative estimate of drug-likeness (QED) is 0.612. The maximum Gasteiger partial charge on any atom is 0.235 e. The summed E-state index contributed by atoms with van der Waals surface area (Å²) in [6.45, 7) is 0. The van der Waals surface area contributed by atoms with Crippen molar-refractivity contribution < 1.29 is 9.53 Å². The second kappa shape index (κ2) is 5.23. The molecular weight excluding hydrogens is 274 g/mol. The molecule has 0 amide bonds. The van der Waals surface area contributed by atoms with Crippen molar-refractivity contribution in [2.24, 2.45) is 4.99 Å². The fourth-order valence-corrected chi connectivity index (χ4v) is 3.68. The molecule has 2 fully saturated rings. The number of methoxy groups -OCH3 is 1. The molecule has 0 unspecified atom stereocenters. The minimum absolute atomic E-state index is 0.444. The first-order valence-corrected chi connectivity index (χ1v) is 7.55. The molecule has 1 aromatic rings. The molecule has 4 heteroatoms. The molecule has 0 aliphatic heterocycles. The Bertz CT molecular complexity index is 568. The van der Waals surface area contributed by atoms with Crippen LogP contribution in [0.2, 0.25) is 5.02 Å². The van der Waals surface area contributed by atoms with E-state index in [-0.39, 0.29) is 0 Å². The van der Waals surface area contributed by atoms with Crippen LogP contribution in [-0.2, 0) is 10.3 Å². The number of isocyanates is 1. The van der Waals surface area contributed by atoms with Gasteiger partial charge in [-0.25, -0.2) is 4.79 Å². The van der Waals surface area contributed by atoms with Gasteiger partial charge in [0.15, 0.2) is 0 Å². The van der Waals surface area contributed by atoms with Crippen molar-refractivity contribution in [3.63, 3.8) is 0 Å². The summed E-state index contributed by atoms with van der Waals surface area (Å²) < 4.78 is 5.53. The zero-order valence-electron chi connectivity index (χ0n) is 11.6. The van der Waals surface area contributed by atoms with E-state index >= 15 is 0 Å². The molecule has 3 rings (SSSR count). The number of carbonyl (C=O) groups excluding carboxylic acids is 1. The number of hydrogen-bond acceptors (Lipinski definition) is 3. The topological polar surface area (TPSA) is 38.7 Å². The van der Waals surface area contributed by atoms with Gasteiger partial charge in [0.05, 0.1) is 12.6 Å². The third-order valence-electron chi connectivity index (χ3n) is 4.52. The van der Waals surface area contributed by atoms with Crippen LogP contribution < -0.4 is 4.74 Å². The van der Waals surface area contributed by atoms with E-state index in [1.807, 2.05) is 12.1 Å². The SMILES string of the molecule is COc1cc(C2(N=C=O)CCCC2)cc(Cl)c1C1CC1. The Labute approximate surface area is 124 Å². The molecule has 20 heavy (non-hydrogen) atoms. The summed E-state index contributed by atoms with van der Waals surface area (Å²) in [5.41, 5.74) is 1.66. The third kappa shape index (κ3) is 2.25. The summed E-state index contributed by atoms with van der Waals surface area (Å²) in [6.07, 6.45) is 8.01. The predicted octanol–water partition coefficient (Wildman–Crippen LogP) is 4.33. The van der Waals surface area contributed by atoms with Crippen LogP contribution in [-0.4, -0.2) is 13.2 Å². The van der Waals surface area contributed by atoms with Crippen LogP contribution in [0.4, 0.5) is 0 Å². The molecule has 1 aromatic carbocycles. The lowest BCUT2D eigenvalue weighted by Gasteiger charge is -2.24. The highest BCUT2D eigenvalue weighted by Crippen LogP contribution is 2.50. The second-order valence-corrected chi connectivity index (χ2v) is 6.20. The highest BCUT2D eigenvalue weighted by Gasteiger charge is 2.38. The van der Waals surface area contributed by atoms with Gasteiger partial charge >= 0.3 is 0 Å². The van der Waals surface area contributed by atoms with E-state index in [4.69, 9.17) is 16.3 Å². The Morgan fingerprint density at radius 3 is 2.60 bits per heavy atom. The van der Waals surface area contributed by atoms with Crippen molar-refractivity contribution in [1.29, 1.82) is 0 Å². The second-order valence-electron chi connectivity index (χ2n) is 5.79. The van der Waals surface area contributed by atoms with Gasteiger partial charge in [0, 0.05) is 10.6 Å². The van der Waals surface area contributed by atoms with Crippen LogP contribution >= 0.6 is 11.6 Å². The molecule has 0 heterocycles. The van der Waals surface area contributed by atoms with E-state index < -0.39 is 5.54 Å². The van der Waals surface area contributed by atoms with Crippen LogP contribution in [0, 0.1) is 0 Å². The molecule has 2 saturated carbocycles. The molecule has 2 aliphatic rings. The van der Waals surface area contributed by atoms with Gasteiger partial charge in [-0.15, -0.1) is 0 Å². The zero-order valence-corrected chi connectivity index (χ0v) is 12.4. The molecule has 0 spiro atoms. The van der Waals surface area contributed by atoms with E-state index in [0.29, 0.717) is 5.92 Å². The van der Waals surface area contributed by atoms with E-state index in [9.17, 15) is 4.79 Å². The number of ether oxygens (including phenoxy) is 1. The zero-order chi connectivity index (χ0) is 14.2. The Morgan fingerprint density at radius 1 is 1.35 bits per heavy atom. The van der Waals surface area contributed by atoms with E-state index in [2.05, 4.69) is 4.99 Å². The molecule has 106 valence electrons. The monoisotopic (exact) mass is 291 g/mol. The Balaban J connectivity index is 2.09. The largest absolute Gasteiger partial charge is 0.496 e. The van der Waals surface area contributed by atoms with E-state index in [1.165, 1.54) is 12.8 Å². The van der Waals surface area contributed by atoms with Crippen LogP contribution in [0.1, 0.15) is 55.6 Å². The average molecular weight is 292 g/mol. The fourth-order valence-electron chi connectivity index (χ4n) is 3.31. The number of benzene rings is 1. The summed E-state index contributed by atoms with van der Waals surface area (Å²) in [5, 5.41) is 0.745. The highest BCUT2D eigenvalue weighted by atomic mass is 35.5. The summed E-state index contributed by atoms with van der Waals surface area (Å²) in [5.74, 6) is 1.36. The Hall–Kier alpha value is -1.31. The standard InChI is InChI=1S/C16H18ClNO2/c1-20-14-9-12(8-13(17)15(14)11-4-5-11)16(18-10-19)6-2-3-7-16/h8-9,11H,2-7H2,1H3. The van der Waals surface area contributed by atoms with Gasteiger partial charge in [0.25, 0.3) is 0 Å². The molecule has 0 N–H and O–H groups in total. The fraction of sp³-hybridized carbons (Fsp3) is 0.562. The van der Waals surface area contributed by atoms with Crippen molar-refractivity contribution in [3.8, 4) is 5.75 Å². The lowest BCUT2D eigenvalue weighted by molar-refractivity contribution is 0.403. The van der Waals surface area contributed by atoms with Crippen molar-refractivity contribution in [2.75, 3.05) is 7.11 Å². The third-order valence-corrected chi connectivity index (χ3v) is 4.84. The number of rotatable bonds is 4. The lowest BCUT2D eigenvalue weighted by atomic mass is 9.87. The first kappa shape index (κ1) is 13.7. The summed E-state index contributed by atoms with van der Waals surface area (Å²) in [4.78, 5) is 14.9. The molecular formula is C16H18ClNO2. The average Bonchev–Trinajstić information content (AvgIpc) is 3.17. The van der Waals surface area contributed by atoms with Crippen molar-refractivity contribution in [2.45, 2.75) is 50.0 Å². The van der Waals surface area contributed by atoms with Gasteiger partial charge in [-0.05, 0) is 49.3 Å². The van der Waals surface area contributed by atoms with Gasteiger partial charge in [0.1, 0.15) is 5.75 Å². The van der Waals surface area contributed by atoms with E-state index in [1.54, 1.807) is 13.2 Å².